The predicted octanol–water partition coefficient (Wildman–Crippen LogP) is 7.28. The molecule has 0 aliphatic rings. The number of hydrogen-bond donors (Lipinski definition) is 0. The van der Waals surface area contributed by atoms with Gasteiger partial charge in [0, 0.05) is 0 Å². The molecule has 0 fully saturated rings. The Hall–Kier alpha value is -4.49. The number of hydrogen-bond acceptors (Lipinski definition) is 10. The molecule has 10 nitrogen and oxygen atoms in total. The zero-order valence-corrected chi connectivity index (χ0v) is 32.1. The quantitative estimate of drug-likeness (QED) is 0.0659. The van der Waals surface area contributed by atoms with E-state index in [2.05, 4.69) is 25.8 Å². The number of halogens is 1. The van der Waals surface area contributed by atoms with Gasteiger partial charge in [0.2, 0.25) is 0 Å². The van der Waals surface area contributed by atoms with Crippen molar-refractivity contribution in [3.63, 3.8) is 0 Å². The van der Waals surface area contributed by atoms with Crippen LogP contribution < -0.4 is 45.8 Å². The third-order valence-electron chi connectivity index (χ3n) is 5.63. The summed E-state index contributed by atoms with van der Waals surface area (Å²) >= 11 is 2.92. The summed E-state index contributed by atoms with van der Waals surface area (Å²) in [7, 11) is -8.12. The molecular weight excluding hydrogens is 832 g/mol. The van der Waals surface area contributed by atoms with E-state index in [4.69, 9.17) is 45.8 Å². The van der Waals surface area contributed by atoms with Gasteiger partial charge in [-0.3, -0.25) is 0 Å². The van der Waals surface area contributed by atoms with Crippen LogP contribution in [-0.4, -0.2) is 0 Å². The van der Waals surface area contributed by atoms with E-state index in [0.29, 0.717) is 34.5 Å². The van der Waals surface area contributed by atoms with Crippen LogP contribution in [0.1, 0.15) is 0 Å². The van der Waals surface area contributed by atoms with Gasteiger partial charge < -0.3 is 27.1 Å². The molecule has 0 heterocycles. The van der Waals surface area contributed by atoms with Crippen LogP contribution in [-0.2, 0) is 19.2 Å². The zero-order chi connectivity index (χ0) is 38.0. The maximum absolute atomic E-state index is 8.49. The molecule has 6 rings (SSSR count). The first-order valence-electron chi connectivity index (χ1n) is 15.4. The molecule has 0 bridgehead atoms. The maximum atomic E-state index is 8.49. The summed E-state index contributed by atoms with van der Waals surface area (Å²) in [6, 6.07) is 57.0. The predicted molar refractivity (Wildman–Crippen MR) is 191 cm³/mol. The Bertz CT molecular complexity index is 1450. The van der Waals surface area contributed by atoms with Crippen LogP contribution in [0, 0.1) is 10.2 Å². The summed E-state index contributed by atoms with van der Waals surface area (Å²) in [5.74, 6) is 4.25. The molecule has 0 radical (unpaired) electrons. The monoisotopic (exact) mass is 866 g/mol. The molecule has 278 valence electrons. The van der Waals surface area contributed by atoms with Crippen molar-refractivity contribution in [2.45, 2.75) is 4.89 Å². The second-order valence-corrected chi connectivity index (χ2v) is 13.0. The van der Waals surface area contributed by atoms with Gasteiger partial charge in [-0.2, -0.15) is 0 Å². The molecule has 0 amide bonds. The SMILES string of the molecule is C=C[CH2][Pd+].[O-][Cl+3]([O-])([O-])[O-].c1ccc(OP(Oc2ccccc2)Oc2ccccc2)cc1.c1ccc(OP(Oc2ccccc2)Oc2ccccc2)cc1. The van der Waals surface area contributed by atoms with E-state index in [1.165, 1.54) is 0 Å². The van der Waals surface area contributed by atoms with Gasteiger partial charge in [-0.25, -0.2) is 18.6 Å². The van der Waals surface area contributed by atoms with E-state index in [9.17, 15) is 0 Å². The smallest absolute Gasteiger partial charge is 0.409 e. The van der Waals surface area contributed by atoms with E-state index >= 15 is 0 Å². The number of allylic oxidation sites excluding steroid dienone is 1. The second kappa shape index (κ2) is 25.5. The van der Waals surface area contributed by atoms with Crippen molar-refractivity contribution in [2.24, 2.45) is 0 Å². The summed E-state index contributed by atoms with van der Waals surface area (Å²) in [6.45, 7) is 3.44. The minimum atomic E-state index is -4.94. The molecule has 0 atom stereocenters. The third-order valence-corrected chi connectivity index (χ3v) is 8.24. The third kappa shape index (κ3) is 21.0. The van der Waals surface area contributed by atoms with Crippen molar-refractivity contribution in [3.8, 4) is 34.5 Å². The van der Waals surface area contributed by atoms with Crippen molar-refractivity contribution in [1.82, 2.24) is 0 Å². The minimum absolute atomic E-state index is 0.709. The van der Waals surface area contributed by atoms with E-state index in [0.717, 1.165) is 4.89 Å². The van der Waals surface area contributed by atoms with Gasteiger partial charge in [0.15, 0.2) is 0 Å². The Kier molecular flexibility index (Phi) is 20.6. The molecular formula is C39H35ClO10P2Pd. The summed E-state index contributed by atoms with van der Waals surface area (Å²) in [5, 5.41) is 0. The molecule has 0 spiro atoms. The fraction of sp³-hybridized carbons (Fsp3) is 0.0256. The van der Waals surface area contributed by atoms with E-state index in [-0.39, 0.29) is 0 Å². The van der Waals surface area contributed by atoms with Gasteiger partial charge in [-0.05, 0) is 72.8 Å². The van der Waals surface area contributed by atoms with Crippen molar-refractivity contribution in [3.05, 3.63) is 195 Å². The molecule has 0 aliphatic heterocycles. The Morgan fingerprint density at radius 3 is 0.642 bits per heavy atom. The van der Waals surface area contributed by atoms with Gasteiger partial charge in [0.25, 0.3) is 0 Å². The van der Waals surface area contributed by atoms with E-state index < -0.39 is 27.4 Å². The van der Waals surface area contributed by atoms with Gasteiger partial charge in [0.1, 0.15) is 34.5 Å². The zero-order valence-electron chi connectivity index (χ0n) is 28.0. The molecule has 0 aromatic heterocycles. The normalized spacial score (nSPS) is 10.1. The summed E-state index contributed by atoms with van der Waals surface area (Å²) < 4.78 is 69.0. The molecule has 0 N–H and O–H groups in total. The Balaban J connectivity index is 0.000000233. The van der Waals surface area contributed by atoms with Crippen LogP contribution in [0.2, 0.25) is 4.89 Å². The molecule has 53 heavy (non-hydrogen) atoms. The topological polar surface area (TPSA) is 148 Å². The van der Waals surface area contributed by atoms with Crippen LogP contribution in [0.4, 0.5) is 0 Å². The van der Waals surface area contributed by atoms with Crippen LogP contribution in [0.15, 0.2) is 195 Å². The van der Waals surface area contributed by atoms with Crippen molar-refractivity contribution in [2.75, 3.05) is 0 Å². The Morgan fingerprint density at radius 1 is 0.396 bits per heavy atom. The minimum Gasteiger partial charge on any atom is -0.409 e. The molecule has 0 aliphatic carbocycles. The first-order chi connectivity index (χ1) is 25.7. The number of rotatable bonds is 13. The summed E-state index contributed by atoms with van der Waals surface area (Å²) in [6.07, 6.45) is 1.81. The Morgan fingerprint density at radius 2 is 0.528 bits per heavy atom. The van der Waals surface area contributed by atoms with Gasteiger partial charge in [0.05, 0.1) is 0 Å². The number of para-hydroxylation sites is 6. The van der Waals surface area contributed by atoms with Crippen LogP contribution in [0.5, 0.6) is 34.5 Å². The average molecular weight is 868 g/mol. The van der Waals surface area contributed by atoms with Crippen molar-refractivity contribution >= 4 is 17.2 Å². The molecule has 14 heteroatoms. The van der Waals surface area contributed by atoms with Gasteiger partial charge in [-0.15, -0.1) is 10.2 Å². The van der Waals surface area contributed by atoms with Crippen LogP contribution >= 0.6 is 17.2 Å². The van der Waals surface area contributed by atoms with Gasteiger partial charge >= 0.3 is 54.0 Å². The fourth-order valence-corrected chi connectivity index (χ4v) is 5.50. The average Bonchev–Trinajstić information content (AvgIpc) is 3.17. The Labute approximate surface area is 325 Å². The first kappa shape index (κ1) is 42.9. The van der Waals surface area contributed by atoms with Gasteiger partial charge in [-0.1, -0.05) is 109 Å². The first-order valence-corrected chi connectivity index (χ1v) is 20.0. The largest absolute Gasteiger partial charge is 0.530 e. The maximum Gasteiger partial charge on any atom is 0.530 e. The molecule has 0 unspecified atom stereocenters. The van der Waals surface area contributed by atoms with E-state index in [1.54, 1.807) is 0 Å². The van der Waals surface area contributed by atoms with E-state index in [1.807, 2.05) is 188 Å². The molecule has 0 saturated heterocycles. The summed E-state index contributed by atoms with van der Waals surface area (Å²) in [5.41, 5.74) is 0. The molecule has 6 aromatic rings. The fourth-order valence-electron chi connectivity index (χ4n) is 3.52. The summed E-state index contributed by atoms with van der Waals surface area (Å²) in [4.78, 5) is 0.933. The number of benzene rings is 6. The van der Waals surface area contributed by atoms with Crippen LogP contribution in [0.25, 0.3) is 0 Å². The second-order valence-electron chi connectivity index (χ2n) is 9.67. The van der Waals surface area contributed by atoms with Crippen molar-refractivity contribution < 1.29 is 75.2 Å². The molecule has 0 saturated carbocycles. The van der Waals surface area contributed by atoms with Crippen LogP contribution in [0.3, 0.4) is 0 Å². The molecule has 6 aromatic carbocycles. The van der Waals surface area contributed by atoms with Crippen molar-refractivity contribution in [1.29, 1.82) is 0 Å². The standard InChI is InChI=1S/2C18H15O3P.C3H5.ClHO4.Pd/c2*1-4-10-16(11-5-1)19-22(20-17-12-6-2-7-13-17)21-18-14-8-3-9-15-18;1-3-2;2-1(3,4)5;/h2*1-15H;3H,1-2H2;(H,2,3,4,5);/q;;;;+1/p-1.